The van der Waals surface area contributed by atoms with Gasteiger partial charge in [-0.25, -0.2) is 0 Å². The number of benzene rings is 1. The van der Waals surface area contributed by atoms with Crippen molar-refractivity contribution in [2.75, 3.05) is 5.73 Å². The second-order valence-corrected chi connectivity index (χ2v) is 5.48. The Bertz CT molecular complexity index is 321. The molecule has 0 aliphatic carbocycles. The third kappa shape index (κ3) is 2.04. The molecule has 0 saturated carbocycles. The van der Waals surface area contributed by atoms with Gasteiger partial charge in [-0.15, -0.1) is 0 Å². The number of halogens is 3. The van der Waals surface area contributed by atoms with E-state index in [1.165, 1.54) is 14.7 Å². The van der Waals surface area contributed by atoms with E-state index in [0.717, 1.165) is 21.1 Å². The van der Waals surface area contributed by atoms with Gasteiger partial charge in [-0.3, -0.25) is 0 Å². The van der Waals surface area contributed by atoms with Gasteiger partial charge < -0.3 is 5.73 Å². The molecule has 0 aliphatic rings. The topological polar surface area (TPSA) is 26.0 Å². The Balaban J connectivity index is 3.56. The molecule has 4 heteroatoms. The van der Waals surface area contributed by atoms with Crippen molar-refractivity contribution in [3.8, 4) is 0 Å². The molecule has 1 nitrogen and oxygen atoms in total. The van der Waals surface area contributed by atoms with Gasteiger partial charge >= 0.3 is 0 Å². The summed E-state index contributed by atoms with van der Waals surface area (Å²) in [4.78, 5) is 0. The highest BCUT2D eigenvalue weighted by Crippen LogP contribution is 2.38. The highest BCUT2D eigenvalue weighted by molar-refractivity contribution is 14.1. The number of hydrogen-bond donors (Lipinski definition) is 1. The van der Waals surface area contributed by atoms with E-state index in [1.54, 1.807) is 0 Å². The molecule has 0 atom stereocenters. The lowest BCUT2D eigenvalue weighted by atomic mass is 10.1. The van der Waals surface area contributed by atoms with Crippen LogP contribution >= 0.6 is 54.5 Å². The molecule has 0 spiro atoms. The number of hydrogen-bond acceptors (Lipinski definition) is 1. The van der Waals surface area contributed by atoms with Crippen molar-refractivity contribution in [3.63, 3.8) is 0 Å². The zero-order valence-corrected chi connectivity index (χ0v) is 12.7. The van der Waals surface area contributed by atoms with E-state index in [2.05, 4.69) is 68.3 Å². The second kappa shape index (κ2) is 4.49. The maximum Gasteiger partial charge on any atom is 0.0609 e. The van der Waals surface area contributed by atoms with Crippen LogP contribution < -0.4 is 5.73 Å². The molecule has 0 aromatic heterocycles. The second-order valence-electron chi connectivity index (χ2n) is 2.81. The third-order valence-electron chi connectivity index (χ3n) is 2.01. The highest BCUT2D eigenvalue weighted by atomic mass is 127. The first-order valence-corrected chi connectivity index (χ1v) is 6.58. The predicted molar refractivity (Wildman–Crippen MR) is 73.1 cm³/mol. The van der Waals surface area contributed by atoms with Crippen molar-refractivity contribution in [2.45, 2.75) is 20.3 Å². The maximum absolute atomic E-state index is 5.93. The molecule has 1 rings (SSSR count). The zero-order chi connectivity index (χ0) is 10.2. The largest absolute Gasteiger partial charge is 0.397 e. The minimum Gasteiger partial charge on any atom is -0.397 e. The van der Waals surface area contributed by atoms with Gasteiger partial charge in [-0.2, -0.15) is 0 Å². The molecular weight excluding hydrogens is 409 g/mol. The first-order valence-electron chi connectivity index (χ1n) is 3.92. The lowest BCUT2D eigenvalue weighted by Crippen LogP contribution is -1.99. The quantitative estimate of drug-likeness (QED) is 0.535. The van der Waals surface area contributed by atoms with Crippen LogP contribution in [0.2, 0.25) is 0 Å². The number of rotatable bonds is 1. The van der Waals surface area contributed by atoms with Crippen LogP contribution in [0.15, 0.2) is 8.95 Å². The van der Waals surface area contributed by atoms with Crippen molar-refractivity contribution in [2.24, 2.45) is 0 Å². The standard InChI is InChI=1S/C9H10Br2IN/c1-3-5-7(11)9(13)6(10)4(2)8(5)12/h3,13H2,1-2H3. The lowest BCUT2D eigenvalue weighted by Gasteiger charge is -2.13. The van der Waals surface area contributed by atoms with Gasteiger partial charge in [0.15, 0.2) is 0 Å². The Morgan fingerprint density at radius 2 is 1.85 bits per heavy atom. The van der Waals surface area contributed by atoms with Crippen molar-refractivity contribution < 1.29 is 0 Å². The minimum atomic E-state index is 0.801. The molecule has 72 valence electrons. The molecule has 0 unspecified atom stereocenters. The lowest BCUT2D eigenvalue weighted by molar-refractivity contribution is 1.10. The SMILES string of the molecule is CCc1c(Br)c(N)c(Br)c(C)c1I. The van der Waals surface area contributed by atoms with Crippen LogP contribution in [-0.2, 0) is 6.42 Å². The Morgan fingerprint density at radius 3 is 2.31 bits per heavy atom. The summed E-state index contributed by atoms with van der Waals surface area (Å²) in [6, 6.07) is 0. The van der Waals surface area contributed by atoms with Crippen molar-refractivity contribution in [3.05, 3.63) is 23.6 Å². The molecule has 2 N–H and O–H groups in total. The molecule has 1 aromatic carbocycles. The van der Waals surface area contributed by atoms with Crippen LogP contribution in [0, 0.1) is 10.5 Å². The number of nitrogens with two attached hydrogens (primary N) is 1. The van der Waals surface area contributed by atoms with Crippen LogP contribution in [0.25, 0.3) is 0 Å². The van der Waals surface area contributed by atoms with E-state index >= 15 is 0 Å². The van der Waals surface area contributed by atoms with E-state index in [9.17, 15) is 0 Å². The normalized spacial score (nSPS) is 10.5. The van der Waals surface area contributed by atoms with Crippen molar-refractivity contribution >= 4 is 60.1 Å². The molecule has 0 fully saturated rings. The summed E-state index contributed by atoms with van der Waals surface area (Å²) in [6.07, 6.45) is 0.997. The zero-order valence-electron chi connectivity index (χ0n) is 7.42. The summed E-state index contributed by atoms with van der Waals surface area (Å²) in [7, 11) is 0. The van der Waals surface area contributed by atoms with E-state index in [-0.39, 0.29) is 0 Å². The van der Waals surface area contributed by atoms with Crippen LogP contribution in [0.1, 0.15) is 18.1 Å². The van der Waals surface area contributed by atoms with Crippen LogP contribution in [-0.4, -0.2) is 0 Å². The summed E-state index contributed by atoms with van der Waals surface area (Å²) < 4.78 is 3.31. The summed E-state index contributed by atoms with van der Waals surface area (Å²) in [5.74, 6) is 0. The Hall–Kier alpha value is 0.710. The van der Waals surface area contributed by atoms with Gasteiger partial charge in [0.2, 0.25) is 0 Å². The molecular formula is C9H10Br2IN. The molecule has 0 radical (unpaired) electrons. The van der Waals surface area contributed by atoms with Crippen molar-refractivity contribution in [1.29, 1.82) is 0 Å². The van der Waals surface area contributed by atoms with Gasteiger partial charge in [-0.05, 0) is 78.9 Å². The first kappa shape index (κ1) is 11.8. The van der Waals surface area contributed by atoms with E-state index in [0.29, 0.717) is 0 Å². The highest BCUT2D eigenvalue weighted by Gasteiger charge is 2.14. The summed E-state index contributed by atoms with van der Waals surface area (Å²) in [5.41, 5.74) is 9.24. The van der Waals surface area contributed by atoms with Crippen LogP contribution in [0.5, 0.6) is 0 Å². The fourth-order valence-corrected chi connectivity index (χ4v) is 4.19. The van der Waals surface area contributed by atoms with Gasteiger partial charge in [0.05, 0.1) is 5.69 Å². The number of anilines is 1. The Labute approximate surface area is 109 Å². The molecule has 13 heavy (non-hydrogen) atoms. The summed E-state index contributed by atoms with van der Waals surface area (Å²) >= 11 is 9.36. The monoisotopic (exact) mass is 417 g/mol. The van der Waals surface area contributed by atoms with Gasteiger partial charge in [-0.1, -0.05) is 6.92 Å². The van der Waals surface area contributed by atoms with E-state index < -0.39 is 0 Å². The Morgan fingerprint density at radius 1 is 1.31 bits per heavy atom. The summed E-state index contributed by atoms with van der Waals surface area (Å²) in [5, 5.41) is 0. The minimum absolute atomic E-state index is 0.801. The van der Waals surface area contributed by atoms with Crippen molar-refractivity contribution in [1.82, 2.24) is 0 Å². The smallest absolute Gasteiger partial charge is 0.0609 e. The van der Waals surface area contributed by atoms with E-state index in [4.69, 9.17) is 5.73 Å². The molecule has 0 aliphatic heterocycles. The van der Waals surface area contributed by atoms with Crippen LogP contribution in [0.3, 0.4) is 0 Å². The average molecular weight is 419 g/mol. The molecule has 0 amide bonds. The van der Waals surface area contributed by atoms with Gasteiger partial charge in [0, 0.05) is 12.5 Å². The van der Waals surface area contributed by atoms with E-state index in [1.807, 2.05) is 0 Å². The van der Waals surface area contributed by atoms with Gasteiger partial charge in [0.1, 0.15) is 0 Å². The third-order valence-corrected chi connectivity index (χ3v) is 5.40. The molecule has 1 aromatic rings. The first-order chi connectivity index (χ1) is 6.00. The summed E-state index contributed by atoms with van der Waals surface area (Å²) in [6.45, 7) is 4.21. The maximum atomic E-state index is 5.93. The molecule has 0 bridgehead atoms. The molecule has 0 heterocycles. The number of nitrogen functional groups attached to an aromatic ring is 1. The Kier molecular flexibility index (Phi) is 4.07. The van der Waals surface area contributed by atoms with Crippen LogP contribution in [0.4, 0.5) is 5.69 Å². The predicted octanol–water partition coefficient (Wildman–Crippen LogP) is 4.27. The molecule has 0 saturated heterocycles. The average Bonchev–Trinajstić information content (AvgIpc) is 2.13. The fourth-order valence-electron chi connectivity index (χ4n) is 1.19. The van der Waals surface area contributed by atoms with Gasteiger partial charge in [0.25, 0.3) is 0 Å². The fraction of sp³-hybridized carbons (Fsp3) is 0.333.